The van der Waals surface area contributed by atoms with Crippen molar-refractivity contribution in [2.75, 3.05) is 6.61 Å². The standard InChI is InChI=1S/C22H25F3O/c1-3-14-5-10-17(19(23)13-14)15-6-8-16(9-7-15)18-11-12-20(26-4-2)22(25)21(18)24/h5,10-13,15-16H,3-4,6-9H2,1-2H3. The van der Waals surface area contributed by atoms with E-state index in [4.69, 9.17) is 4.74 Å². The summed E-state index contributed by atoms with van der Waals surface area (Å²) in [5, 5.41) is 0. The predicted octanol–water partition coefficient (Wildman–Crippen LogP) is 6.51. The molecular formula is C22H25F3O. The van der Waals surface area contributed by atoms with Gasteiger partial charge in [0.05, 0.1) is 6.61 Å². The monoisotopic (exact) mass is 362 g/mol. The van der Waals surface area contributed by atoms with Crippen LogP contribution in [0.1, 0.15) is 68.1 Å². The van der Waals surface area contributed by atoms with Crippen molar-refractivity contribution in [1.29, 1.82) is 0 Å². The lowest BCUT2D eigenvalue weighted by Crippen LogP contribution is -2.15. The smallest absolute Gasteiger partial charge is 0.200 e. The molecule has 0 saturated heterocycles. The van der Waals surface area contributed by atoms with Crippen molar-refractivity contribution in [2.45, 2.75) is 57.8 Å². The Morgan fingerprint density at radius 3 is 2.04 bits per heavy atom. The zero-order chi connectivity index (χ0) is 18.7. The van der Waals surface area contributed by atoms with E-state index in [0.29, 0.717) is 12.2 Å². The van der Waals surface area contributed by atoms with Gasteiger partial charge in [0.1, 0.15) is 5.82 Å². The van der Waals surface area contributed by atoms with Crippen LogP contribution in [0.3, 0.4) is 0 Å². The van der Waals surface area contributed by atoms with Gasteiger partial charge in [-0.25, -0.2) is 8.78 Å². The Morgan fingerprint density at radius 1 is 0.846 bits per heavy atom. The van der Waals surface area contributed by atoms with Crippen molar-refractivity contribution in [3.8, 4) is 5.75 Å². The van der Waals surface area contributed by atoms with Gasteiger partial charge in [0.2, 0.25) is 5.82 Å². The second-order valence-electron chi connectivity index (χ2n) is 6.97. The third-order valence-corrected chi connectivity index (χ3v) is 5.46. The fourth-order valence-corrected chi connectivity index (χ4v) is 3.97. The van der Waals surface area contributed by atoms with Crippen LogP contribution in [0.4, 0.5) is 13.2 Å². The molecule has 1 aliphatic carbocycles. The van der Waals surface area contributed by atoms with Gasteiger partial charge in [-0.05, 0) is 79.7 Å². The van der Waals surface area contributed by atoms with E-state index in [0.717, 1.165) is 43.2 Å². The Labute approximate surface area is 153 Å². The highest BCUT2D eigenvalue weighted by Gasteiger charge is 2.28. The average Bonchev–Trinajstić information content (AvgIpc) is 2.66. The lowest BCUT2D eigenvalue weighted by Gasteiger charge is -2.29. The van der Waals surface area contributed by atoms with Crippen molar-refractivity contribution in [1.82, 2.24) is 0 Å². The minimum atomic E-state index is -0.910. The topological polar surface area (TPSA) is 9.23 Å². The van der Waals surface area contributed by atoms with Gasteiger partial charge < -0.3 is 4.74 Å². The van der Waals surface area contributed by atoms with Crippen LogP contribution >= 0.6 is 0 Å². The van der Waals surface area contributed by atoms with Gasteiger partial charge in [0, 0.05) is 0 Å². The summed E-state index contributed by atoms with van der Waals surface area (Å²) >= 11 is 0. The summed E-state index contributed by atoms with van der Waals surface area (Å²) in [6.45, 7) is 4.03. The largest absolute Gasteiger partial charge is 0.491 e. The predicted molar refractivity (Wildman–Crippen MR) is 97.3 cm³/mol. The molecule has 0 heterocycles. The number of benzene rings is 2. The molecule has 1 saturated carbocycles. The summed E-state index contributed by atoms with van der Waals surface area (Å²) in [6, 6.07) is 8.61. The van der Waals surface area contributed by atoms with E-state index in [2.05, 4.69) is 0 Å². The fourth-order valence-electron chi connectivity index (χ4n) is 3.97. The molecule has 26 heavy (non-hydrogen) atoms. The summed E-state index contributed by atoms with van der Waals surface area (Å²) in [4.78, 5) is 0. The lowest BCUT2D eigenvalue weighted by molar-refractivity contribution is 0.310. The first-order valence-corrected chi connectivity index (χ1v) is 9.44. The molecule has 0 unspecified atom stereocenters. The van der Waals surface area contributed by atoms with Gasteiger partial charge >= 0.3 is 0 Å². The summed E-state index contributed by atoms with van der Waals surface area (Å²) in [7, 11) is 0. The van der Waals surface area contributed by atoms with Crippen LogP contribution in [0.25, 0.3) is 0 Å². The van der Waals surface area contributed by atoms with Gasteiger partial charge in [-0.2, -0.15) is 4.39 Å². The van der Waals surface area contributed by atoms with Crippen LogP contribution in [0.2, 0.25) is 0 Å². The molecule has 2 aromatic carbocycles. The van der Waals surface area contributed by atoms with E-state index in [9.17, 15) is 13.2 Å². The van der Waals surface area contributed by atoms with Gasteiger partial charge in [-0.15, -0.1) is 0 Å². The van der Waals surface area contributed by atoms with Crippen molar-refractivity contribution in [3.05, 3.63) is 64.5 Å². The summed E-state index contributed by atoms with van der Waals surface area (Å²) in [5.74, 6) is -1.79. The van der Waals surface area contributed by atoms with Crippen LogP contribution in [-0.2, 0) is 6.42 Å². The number of halogens is 3. The highest BCUT2D eigenvalue weighted by atomic mass is 19.2. The molecule has 2 aromatic rings. The molecule has 0 bridgehead atoms. The fraction of sp³-hybridized carbons (Fsp3) is 0.455. The molecule has 140 valence electrons. The van der Waals surface area contributed by atoms with Crippen molar-refractivity contribution in [2.24, 2.45) is 0 Å². The van der Waals surface area contributed by atoms with Gasteiger partial charge in [0.25, 0.3) is 0 Å². The highest BCUT2D eigenvalue weighted by molar-refractivity contribution is 5.34. The molecule has 0 N–H and O–H groups in total. The van der Waals surface area contributed by atoms with Crippen molar-refractivity contribution < 1.29 is 17.9 Å². The molecule has 3 rings (SSSR count). The van der Waals surface area contributed by atoms with Crippen LogP contribution < -0.4 is 4.74 Å². The Bertz CT molecular complexity index is 764. The third-order valence-electron chi connectivity index (χ3n) is 5.46. The van der Waals surface area contributed by atoms with E-state index in [1.165, 1.54) is 6.07 Å². The first kappa shape index (κ1) is 18.8. The van der Waals surface area contributed by atoms with Crippen LogP contribution in [-0.4, -0.2) is 6.61 Å². The van der Waals surface area contributed by atoms with Crippen molar-refractivity contribution >= 4 is 0 Å². The van der Waals surface area contributed by atoms with Crippen LogP contribution in [0, 0.1) is 17.5 Å². The quantitative estimate of drug-likeness (QED) is 0.589. The number of aryl methyl sites for hydroxylation is 1. The van der Waals surface area contributed by atoms with Crippen LogP contribution in [0.15, 0.2) is 30.3 Å². The zero-order valence-electron chi connectivity index (χ0n) is 15.3. The molecule has 1 fully saturated rings. The van der Waals surface area contributed by atoms with E-state index in [1.54, 1.807) is 19.1 Å². The first-order chi connectivity index (χ1) is 12.5. The Balaban J connectivity index is 1.72. The maximum atomic E-state index is 14.4. The minimum absolute atomic E-state index is 0.0330. The van der Waals surface area contributed by atoms with Gasteiger partial charge in [0.15, 0.2) is 11.6 Å². The van der Waals surface area contributed by atoms with E-state index >= 15 is 0 Å². The minimum Gasteiger partial charge on any atom is -0.491 e. The summed E-state index contributed by atoms with van der Waals surface area (Å²) < 4.78 is 48.0. The van der Waals surface area contributed by atoms with Crippen LogP contribution in [0.5, 0.6) is 5.75 Å². The molecule has 0 spiro atoms. The second-order valence-corrected chi connectivity index (χ2v) is 6.97. The maximum Gasteiger partial charge on any atom is 0.200 e. The molecule has 1 aliphatic rings. The van der Waals surface area contributed by atoms with Crippen molar-refractivity contribution in [3.63, 3.8) is 0 Å². The van der Waals surface area contributed by atoms with E-state index in [1.807, 2.05) is 19.1 Å². The highest BCUT2D eigenvalue weighted by Crippen LogP contribution is 2.42. The molecule has 0 radical (unpaired) electrons. The molecular weight excluding hydrogens is 337 g/mol. The SMILES string of the molecule is CCOc1ccc(C2CCC(c3ccc(CC)cc3F)CC2)c(F)c1F. The molecule has 0 aliphatic heterocycles. The van der Waals surface area contributed by atoms with E-state index in [-0.39, 0.29) is 23.4 Å². The van der Waals surface area contributed by atoms with E-state index < -0.39 is 11.6 Å². The Kier molecular flexibility index (Phi) is 5.90. The molecule has 0 amide bonds. The lowest BCUT2D eigenvalue weighted by atomic mass is 9.76. The molecule has 0 atom stereocenters. The summed E-state index contributed by atoms with van der Waals surface area (Å²) in [6.07, 6.45) is 3.82. The van der Waals surface area contributed by atoms with Gasteiger partial charge in [-0.1, -0.05) is 25.1 Å². The first-order valence-electron chi connectivity index (χ1n) is 9.44. The Morgan fingerprint density at radius 2 is 1.46 bits per heavy atom. The number of ether oxygens (including phenoxy) is 1. The number of hydrogen-bond acceptors (Lipinski definition) is 1. The zero-order valence-corrected chi connectivity index (χ0v) is 15.3. The van der Waals surface area contributed by atoms with Gasteiger partial charge in [-0.3, -0.25) is 0 Å². The number of hydrogen-bond donors (Lipinski definition) is 0. The average molecular weight is 362 g/mol. The molecule has 4 heteroatoms. The summed E-state index contributed by atoms with van der Waals surface area (Å²) in [5.41, 5.74) is 2.15. The molecule has 1 nitrogen and oxygen atoms in total. The second kappa shape index (κ2) is 8.15. The third kappa shape index (κ3) is 3.74. The number of rotatable bonds is 5. The molecule has 0 aromatic heterocycles. The Hall–Kier alpha value is -1.97. The maximum absolute atomic E-state index is 14.4. The normalized spacial score (nSPS) is 20.2.